The molecule has 0 atom stereocenters. The highest BCUT2D eigenvalue weighted by Crippen LogP contribution is 2.25. The molecule has 6 nitrogen and oxygen atoms in total. The van der Waals surface area contributed by atoms with Crippen LogP contribution in [0.2, 0.25) is 0 Å². The molecule has 1 N–H and O–H groups in total. The van der Waals surface area contributed by atoms with Crippen molar-refractivity contribution in [1.82, 2.24) is 19.6 Å². The topological polar surface area (TPSA) is 68.0 Å². The van der Waals surface area contributed by atoms with Gasteiger partial charge in [-0.1, -0.05) is 34.1 Å². The number of rotatable bonds is 4. The summed E-state index contributed by atoms with van der Waals surface area (Å²) in [6, 6.07) is 17.5. The van der Waals surface area contributed by atoms with Gasteiger partial charge in [-0.3, -0.25) is 14.9 Å². The Balaban J connectivity index is 1.71. The van der Waals surface area contributed by atoms with Gasteiger partial charge in [-0.05, 0) is 57.2 Å². The zero-order chi connectivity index (χ0) is 20.5. The van der Waals surface area contributed by atoms with E-state index in [1.54, 1.807) is 6.21 Å². The van der Waals surface area contributed by atoms with Crippen molar-refractivity contribution < 1.29 is 0 Å². The molecule has 7 heteroatoms. The Bertz CT molecular complexity index is 1250. The van der Waals surface area contributed by atoms with E-state index in [1.165, 1.54) is 4.68 Å². The molecule has 146 valence electrons. The summed E-state index contributed by atoms with van der Waals surface area (Å²) in [6.07, 6.45) is 1.62. The third kappa shape index (κ3) is 3.61. The zero-order valence-electron chi connectivity index (χ0n) is 16.3. The maximum Gasteiger partial charge on any atom is 0.280 e. The van der Waals surface area contributed by atoms with Gasteiger partial charge in [0.15, 0.2) is 0 Å². The molecule has 0 radical (unpaired) electrons. The molecule has 0 saturated heterocycles. The van der Waals surface area contributed by atoms with Gasteiger partial charge in [-0.25, -0.2) is 9.36 Å². The lowest BCUT2D eigenvalue weighted by atomic mass is 10.2. The molecule has 29 heavy (non-hydrogen) atoms. The Hall–Kier alpha value is -3.19. The van der Waals surface area contributed by atoms with Gasteiger partial charge in [0.25, 0.3) is 5.56 Å². The number of aliphatic imine (C=N–C) groups is 1. The lowest BCUT2D eigenvalue weighted by Gasteiger charge is -2.03. The molecular weight excluding hydrogens is 430 g/mol. The van der Waals surface area contributed by atoms with E-state index < -0.39 is 0 Å². The van der Waals surface area contributed by atoms with E-state index in [-0.39, 0.29) is 5.56 Å². The number of aromatic amines is 1. The number of aromatic nitrogens is 4. The van der Waals surface area contributed by atoms with Gasteiger partial charge in [0, 0.05) is 16.4 Å². The Labute approximate surface area is 176 Å². The highest BCUT2D eigenvalue weighted by molar-refractivity contribution is 9.10. The maximum absolute atomic E-state index is 12.9. The van der Waals surface area contributed by atoms with Gasteiger partial charge in [-0.2, -0.15) is 5.10 Å². The quantitative estimate of drug-likeness (QED) is 0.455. The summed E-state index contributed by atoms with van der Waals surface area (Å²) in [6.45, 7) is 5.76. The van der Waals surface area contributed by atoms with Crippen LogP contribution in [0.1, 0.15) is 22.6 Å². The van der Waals surface area contributed by atoms with Crippen LogP contribution in [0.4, 0.5) is 5.69 Å². The molecule has 2 aromatic carbocycles. The average molecular weight is 450 g/mol. The first-order chi connectivity index (χ1) is 14.0. The molecule has 0 aliphatic rings. The molecule has 0 aliphatic carbocycles. The van der Waals surface area contributed by atoms with E-state index in [1.807, 2.05) is 80.1 Å². The molecule has 0 amide bonds. The first-order valence-corrected chi connectivity index (χ1v) is 9.98. The first-order valence-electron chi connectivity index (χ1n) is 9.19. The molecule has 4 rings (SSSR count). The molecule has 0 bridgehead atoms. The second-order valence-electron chi connectivity index (χ2n) is 6.79. The number of benzene rings is 2. The van der Waals surface area contributed by atoms with E-state index in [0.717, 1.165) is 38.6 Å². The summed E-state index contributed by atoms with van der Waals surface area (Å²) < 4.78 is 4.35. The fourth-order valence-electron chi connectivity index (χ4n) is 3.25. The normalized spacial score (nSPS) is 11.4. The molecule has 0 spiro atoms. The van der Waals surface area contributed by atoms with Crippen molar-refractivity contribution in [2.45, 2.75) is 20.8 Å². The van der Waals surface area contributed by atoms with Crippen molar-refractivity contribution in [2.75, 3.05) is 0 Å². The highest BCUT2D eigenvalue weighted by atomic mass is 79.9. The van der Waals surface area contributed by atoms with E-state index >= 15 is 0 Å². The van der Waals surface area contributed by atoms with Crippen LogP contribution in [0.3, 0.4) is 0 Å². The summed E-state index contributed by atoms with van der Waals surface area (Å²) in [5.74, 6) is 0. The van der Waals surface area contributed by atoms with Gasteiger partial charge in [0.2, 0.25) is 0 Å². The summed E-state index contributed by atoms with van der Waals surface area (Å²) in [7, 11) is 0. The van der Waals surface area contributed by atoms with Crippen LogP contribution in [0.5, 0.6) is 0 Å². The number of hydrogen-bond acceptors (Lipinski definition) is 3. The van der Waals surface area contributed by atoms with E-state index in [9.17, 15) is 4.79 Å². The molecule has 0 fully saturated rings. The average Bonchev–Trinajstić information content (AvgIpc) is 3.17. The van der Waals surface area contributed by atoms with E-state index in [2.05, 4.69) is 31.1 Å². The van der Waals surface area contributed by atoms with Crippen molar-refractivity contribution in [3.63, 3.8) is 0 Å². The fourth-order valence-corrected chi connectivity index (χ4v) is 3.52. The van der Waals surface area contributed by atoms with Crippen molar-refractivity contribution >= 4 is 27.8 Å². The van der Waals surface area contributed by atoms with Crippen LogP contribution in [-0.4, -0.2) is 25.8 Å². The van der Waals surface area contributed by atoms with Gasteiger partial charge < -0.3 is 0 Å². The molecule has 2 aromatic heterocycles. The number of hydrogen-bond donors (Lipinski definition) is 1. The minimum absolute atomic E-state index is 0.140. The molecule has 4 aromatic rings. The summed E-state index contributed by atoms with van der Waals surface area (Å²) in [5, 5.41) is 7.73. The smallest absolute Gasteiger partial charge is 0.280 e. The minimum atomic E-state index is -0.140. The number of halogens is 1. The third-order valence-corrected chi connectivity index (χ3v) is 5.31. The molecule has 0 aliphatic heterocycles. The van der Waals surface area contributed by atoms with Crippen LogP contribution in [-0.2, 0) is 0 Å². The first kappa shape index (κ1) is 19.1. The molecule has 0 saturated carbocycles. The number of H-pyrrole nitrogens is 1. The second kappa shape index (κ2) is 7.67. The van der Waals surface area contributed by atoms with Crippen LogP contribution < -0.4 is 5.56 Å². The van der Waals surface area contributed by atoms with Crippen LogP contribution >= 0.6 is 15.9 Å². The number of aryl methyl sites for hydroxylation is 2. The predicted molar refractivity (Wildman–Crippen MR) is 119 cm³/mol. The zero-order valence-corrected chi connectivity index (χ0v) is 17.9. The number of para-hydroxylation sites is 1. The Morgan fingerprint density at radius 2 is 1.69 bits per heavy atom. The monoisotopic (exact) mass is 449 g/mol. The number of nitrogens with one attached hydrogen (secondary N) is 1. The van der Waals surface area contributed by atoms with Crippen molar-refractivity contribution in [3.05, 3.63) is 92.1 Å². The van der Waals surface area contributed by atoms with Gasteiger partial charge in [0.05, 0.1) is 28.3 Å². The van der Waals surface area contributed by atoms with E-state index in [0.29, 0.717) is 5.56 Å². The largest absolute Gasteiger partial charge is 0.295 e. The summed E-state index contributed by atoms with van der Waals surface area (Å²) >= 11 is 3.41. The van der Waals surface area contributed by atoms with Gasteiger partial charge >= 0.3 is 0 Å². The lowest BCUT2D eigenvalue weighted by Crippen LogP contribution is -2.17. The van der Waals surface area contributed by atoms with Crippen LogP contribution in [0, 0.1) is 20.8 Å². The SMILES string of the molecule is Cc1nn(-c2ccccc2)c(C)c1N=Cc1c(C)[nH]n(-c2ccc(Br)cc2)c1=O. The van der Waals surface area contributed by atoms with Crippen LogP contribution in [0.25, 0.3) is 11.4 Å². The molecule has 0 unspecified atom stereocenters. The van der Waals surface area contributed by atoms with Gasteiger partial charge in [0.1, 0.15) is 5.69 Å². The Morgan fingerprint density at radius 1 is 1.00 bits per heavy atom. The highest BCUT2D eigenvalue weighted by Gasteiger charge is 2.14. The fraction of sp³-hybridized carbons (Fsp3) is 0.136. The third-order valence-electron chi connectivity index (χ3n) is 4.78. The Kier molecular flexibility index (Phi) is 5.07. The summed E-state index contributed by atoms with van der Waals surface area (Å²) in [4.78, 5) is 17.5. The molecule has 2 heterocycles. The Morgan fingerprint density at radius 3 is 2.38 bits per heavy atom. The van der Waals surface area contributed by atoms with Gasteiger partial charge in [-0.15, -0.1) is 0 Å². The van der Waals surface area contributed by atoms with Crippen LogP contribution in [0.15, 0.2) is 68.9 Å². The minimum Gasteiger partial charge on any atom is -0.295 e. The number of nitrogens with zero attached hydrogens (tertiary/aromatic N) is 4. The molecular formula is C22H20BrN5O. The predicted octanol–water partition coefficient (Wildman–Crippen LogP) is 4.79. The van der Waals surface area contributed by atoms with Crippen molar-refractivity contribution in [2.24, 2.45) is 4.99 Å². The standard InChI is InChI=1S/C22H20BrN5O/c1-14-20(22(29)28(25-14)19-11-9-17(23)10-12-19)13-24-21-15(2)26-27(16(21)3)18-7-5-4-6-8-18/h4-13,25H,1-3H3. The lowest BCUT2D eigenvalue weighted by molar-refractivity contribution is 0.834. The van der Waals surface area contributed by atoms with Crippen molar-refractivity contribution in [3.8, 4) is 11.4 Å². The summed E-state index contributed by atoms with van der Waals surface area (Å²) in [5.41, 5.74) is 5.39. The maximum atomic E-state index is 12.9. The van der Waals surface area contributed by atoms with Crippen molar-refractivity contribution in [1.29, 1.82) is 0 Å². The van der Waals surface area contributed by atoms with E-state index in [4.69, 9.17) is 0 Å². The second-order valence-corrected chi connectivity index (χ2v) is 7.71.